The Morgan fingerprint density at radius 1 is 0.291 bits per heavy atom. The highest BCUT2D eigenvalue weighted by molar-refractivity contribution is 6.24. The van der Waals surface area contributed by atoms with Gasteiger partial charge < -0.3 is 18.6 Å². The number of para-hydroxylation sites is 6. The van der Waals surface area contributed by atoms with Gasteiger partial charge >= 0.3 is 0 Å². The number of hydrogen-bond acceptors (Lipinski definition) is 4. The zero-order chi connectivity index (χ0) is 52.3. The van der Waals surface area contributed by atoms with Crippen LogP contribution < -0.4 is 9.80 Å². The standard InChI is InChI=1S/C75H50N2O2/c1-47-23-9-17-37-63(47)76(65-39-21-35-59-54-31-15-19-41-68(54)78-73(59)65)51-43-44-58-61(45-51)52-29-11-13-33-56(52)71-70-57-34-14-12-30-53(57)67(46-62(70)75(72(58)71,49-25-5-3-6-26-49)50-27-7-4-8-28-50)77(64-38-18-10-24-48(64)2)66-40-22-36-60-55-32-16-20-42-69(55)79-74(60)66/h3-46H,1-2H3. The minimum Gasteiger partial charge on any atom is -0.454 e. The van der Waals surface area contributed by atoms with Crippen LogP contribution in [0.2, 0.25) is 0 Å². The molecule has 0 bridgehead atoms. The van der Waals surface area contributed by atoms with Crippen LogP contribution in [0.15, 0.2) is 276 Å². The van der Waals surface area contributed by atoms with Gasteiger partial charge in [-0.1, -0.05) is 212 Å². The maximum Gasteiger partial charge on any atom is 0.159 e. The molecule has 0 amide bonds. The van der Waals surface area contributed by atoms with Gasteiger partial charge in [-0.2, -0.15) is 0 Å². The third-order valence-corrected chi connectivity index (χ3v) is 16.9. The quantitative estimate of drug-likeness (QED) is 0.142. The lowest BCUT2D eigenvalue weighted by Gasteiger charge is -2.36. The average molecular weight is 1010 g/mol. The van der Waals surface area contributed by atoms with Gasteiger partial charge in [-0.15, -0.1) is 0 Å². The maximum absolute atomic E-state index is 6.95. The molecule has 4 heteroatoms. The molecule has 0 spiro atoms. The van der Waals surface area contributed by atoms with E-state index in [0.29, 0.717) is 0 Å². The molecule has 79 heavy (non-hydrogen) atoms. The first-order chi connectivity index (χ1) is 39.1. The largest absolute Gasteiger partial charge is 0.454 e. The zero-order valence-corrected chi connectivity index (χ0v) is 43.6. The summed E-state index contributed by atoms with van der Waals surface area (Å²) in [5.74, 6) is 0. The third kappa shape index (κ3) is 6.49. The summed E-state index contributed by atoms with van der Waals surface area (Å²) in [6.07, 6.45) is 0. The van der Waals surface area contributed by atoms with Crippen LogP contribution >= 0.6 is 0 Å². The first-order valence-electron chi connectivity index (χ1n) is 27.2. The Balaban J connectivity index is 1.05. The van der Waals surface area contributed by atoms with E-state index < -0.39 is 5.41 Å². The van der Waals surface area contributed by atoms with Crippen LogP contribution in [0.4, 0.5) is 34.1 Å². The van der Waals surface area contributed by atoms with Crippen LogP contribution in [-0.4, -0.2) is 0 Å². The van der Waals surface area contributed by atoms with Crippen molar-refractivity contribution in [3.05, 3.63) is 300 Å². The number of fused-ring (bicyclic) bond motifs is 16. The number of benzene rings is 13. The number of anilines is 6. The number of hydrogen-bond donors (Lipinski definition) is 0. The second-order valence-corrected chi connectivity index (χ2v) is 21.1. The van der Waals surface area contributed by atoms with Gasteiger partial charge in [0.2, 0.25) is 0 Å². The third-order valence-electron chi connectivity index (χ3n) is 16.9. The second kappa shape index (κ2) is 17.4. The van der Waals surface area contributed by atoms with Crippen molar-refractivity contribution in [2.45, 2.75) is 19.3 Å². The molecule has 1 aliphatic carbocycles. The first kappa shape index (κ1) is 45.1. The van der Waals surface area contributed by atoms with Gasteiger partial charge in [0.05, 0.1) is 22.5 Å². The molecule has 0 radical (unpaired) electrons. The molecule has 1 aliphatic rings. The van der Waals surface area contributed by atoms with E-state index in [4.69, 9.17) is 8.83 Å². The van der Waals surface area contributed by atoms with Gasteiger partial charge in [0, 0.05) is 44.0 Å². The highest BCUT2D eigenvalue weighted by Crippen LogP contribution is 2.64. The van der Waals surface area contributed by atoms with E-state index in [2.05, 4.69) is 285 Å². The Bertz CT molecular complexity index is 4910. The fraction of sp³-hybridized carbons (Fsp3) is 0.0400. The van der Waals surface area contributed by atoms with Crippen molar-refractivity contribution >= 4 is 110 Å². The number of aryl methyl sites for hydroxylation is 2. The van der Waals surface area contributed by atoms with E-state index in [1.54, 1.807) is 0 Å². The molecule has 0 fully saturated rings. The summed E-state index contributed by atoms with van der Waals surface area (Å²) in [6, 6.07) is 97.7. The van der Waals surface area contributed by atoms with Gasteiger partial charge in [-0.25, -0.2) is 0 Å². The van der Waals surface area contributed by atoms with E-state index in [0.717, 1.165) is 94.5 Å². The van der Waals surface area contributed by atoms with Gasteiger partial charge in [0.15, 0.2) is 11.2 Å². The van der Waals surface area contributed by atoms with Crippen LogP contribution in [0.25, 0.3) is 87.3 Å². The molecule has 2 heterocycles. The first-order valence-corrected chi connectivity index (χ1v) is 27.2. The van der Waals surface area contributed by atoms with Crippen LogP contribution in [0, 0.1) is 13.8 Å². The van der Waals surface area contributed by atoms with E-state index >= 15 is 0 Å². The van der Waals surface area contributed by atoms with E-state index in [1.165, 1.54) is 60.3 Å². The van der Waals surface area contributed by atoms with Crippen molar-refractivity contribution in [1.29, 1.82) is 0 Å². The summed E-state index contributed by atoms with van der Waals surface area (Å²) in [5.41, 5.74) is 18.6. The topological polar surface area (TPSA) is 32.8 Å². The zero-order valence-electron chi connectivity index (χ0n) is 43.6. The maximum atomic E-state index is 6.95. The van der Waals surface area contributed by atoms with E-state index in [9.17, 15) is 0 Å². The minimum atomic E-state index is -0.798. The molecule has 2 aromatic heterocycles. The normalized spacial score (nSPS) is 12.8. The molecule has 0 N–H and O–H groups in total. The van der Waals surface area contributed by atoms with Crippen LogP contribution in [0.5, 0.6) is 0 Å². The van der Waals surface area contributed by atoms with Gasteiger partial charge in [-0.3, -0.25) is 0 Å². The average Bonchev–Trinajstić information content (AvgIpc) is 2.74. The molecular formula is C75H50N2O2. The predicted octanol–water partition coefficient (Wildman–Crippen LogP) is 20.9. The summed E-state index contributed by atoms with van der Waals surface area (Å²) < 4.78 is 13.8. The summed E-state index contributed by atoms with van der Waals surface area (Å²) >= 11 is 0. The fourth-order valence-corrected chi connectivity index (χ4v) is 13.6. The van der Waals surface area contributed by atoms with Crippen molar-refractivity contribution in [2.75, 3.05) is 9.80 Å². The van der Waals surface area contributed by atoms with Crippen LogP contribution in [0.1, 0.15) is 33.4 Å². The van der Waals surface area contributed by atoms with E-state index in [1.807, 2.05) is 6.07 Å². The number of rotatable bonds is 8. The highest BCUT2D eigenvalue weighted by atomic mass is 16.3. The molecule has 0 saturated carbocycles. The molecular weight excluding hydrogens is 961 g/mol. The molecule has 13 aromatic carbocycles. The highest BCUT2D eigenvalue weighted by Gasteiger charge is 2.49. The SMILES string of the molecule is Cc1ccccc1N(c1ccc2c3c(c4ccccc4c2c1)-c1c(cc(N(c2ccccc2C)c2cccc4c2oc2ccccc24)c2ccccc12)C3(c1ccccc1)c1ccccc1)c1cccc2c1oc1ccccc12. The molecule has 0 atom stereocenters. The Labute approximate surface area is 457 Å². The number of furan rings is 2. The lowest BCUT2D eigenvalue weighted by Crippen LogP contribution is -2.29. The Hall–Kier alpha value is -10.2. The van der Waals surface area contributed by atoms with E-state index in [-0.39, 0.29) is 0 Å². The molecule has 0 aliphatic heterocycles. The lowest BCUT2D eigenvalue weighted by atomic mass is 9.66. The van der Waals surface area contributed by atoms with Crippen molar-refractivity contribution in [3.8, 4) is 11.1 Å². The van der Waals surface area contributed by atoms with Gasteiger partial charge in [-0.05, 0) is 140 Å². The Morgan fingerprint density at radius 2 is 0.734 bits per heavy atom. The summed E-state index contributed by atoms with van der Waals surface area (Å²) in [4.78, 5) is 4.87. The van der Waals surface area contributed by atoms with Crippen molar-refractivity contribution in [3.63, 3.8) is 0 Å². The van der Waals surface area contributed by atoms with Gasteiger partial charge in [0.1, 0.15) is 11.2 Å². The van der Waals surface area contributed by atoms with Crippen LogP contribution in [0.3, 0.4) is 0 Å². The summed E-state index contributed by atoms with van der Waals surface area (Å²) in [7, 11) is 0. The molecule has 4 nitrogen and oxygen atoms in total. The van der Waals surface area contributed by atoms with Gasteiger partial charge in [0.25, 0.3) is 0 Å². The summed E-state index contributed by atoms with van der Waals surface area (Å²) in [6.45, 7) is 4.42. The smallest absolute Gasteiger partial charge is 0.159 e. The lowest BCUT2D eigenvalue weighted by molar-refractivity contribution is 0.668. The second-order valence-electron chi connectivity index (χ2n) is 21.1. The molecule has 16 rings (SSSR count). The number of nitrogens with zero attached hydrogens (tertiary/aromatic N) is 2. The Morgan fingerprint density at radius 3 is 1.32 bits per heavy atom. The monoisotopic (exact) mass is 1010 g/mol. The Kier molecular flexibility index (Phi) is 9.95. The molecule has 0 saturated heterocycles. The van der Waals surface area contributed by atoms with Crippen molar-refractivity contribution in [1.82, 2.24) is 0 Å². The summed E-state index contributed by atoms with van der Waals surface area (Å²) in [5, 5.41) is 11.5. The molecule has 15 aromatic rings. The minimum absolute atomic E-state index is 0.798. The van der Waals surface area contributed by atoms with Crippen LogP contribution in [-0.2, 0) is 5.41 Å². The molecule has 372 valence electrons. The molecule has 0 unspecified atom stereocenters. The van der Waals surface area contributed by atoms with Crippen molar-refractivity contribution < 1.29 is 8.83 Å². The van der Waals surface area contributed by atoms with Crippen molar-refractivity contribution in [2.24, 2.45) is 0 Å². The predicted molar refractivity (Wildman–Crippen MR) is 330 cm³/mol. The fourth-order valence-electron chi connectivity index (χ4n) is 13.6.